The van der Waals surface area contributed by atoms with Crippen LogP contribution < -0.4 is 0 Å². The molecule has 0 amide bonds. The molecule has 0 spiro atoms. The van der Waals surface area contributed by atoms with Gasteiger partial charge in [0.1, 0.15) is 0 Å². The lowest BCUT2D eigenvalue weighted by Gasteiger charge is -2.33. The molecule has 0 radical (unpaired) electrons. The molecule has 1 heteroatoms. The van der Waals surface area contributed by atoms with Gasteiger partial charge in [-0.1, -0.05) is 41.7 Å². The van der Waals surface area contributed by atoms with E-state index in [1.807, 2.05) is 6.08 Å². The molecule has 0 aromatic heterocycles. The summed E-state index contributed by atoms with van der Waals surface area (Å²) in [6, 6.07) is 5.04. The van der Waals surface area contributed by atoms with Crippen LogP contribution in [0.15, 0.2) is 49.1 Å². The Morgan fingerprint density at radius 2 is 1.26 bits per heavy atom. The molecule has 0 aromatic rings. The predicted molar refractivity (Wildman–Crippen MR) is 93.5 cm³/mol. The first-order valence-electron chi connectivity index (χ1n) is 7.35. The highest BCUT2D eigenvalue weighted by molar-refractivity contribution is 6.81. The van der Waals surface area contributed by atoms with Gasteiger partial charge in [0.2, 0.25) is 0 Å². The Balaban J connectivity index is 4.87. The van der Waals surface area contributed by atoms with Gasteiger partial charge in [-0.05, 0) is 45.3 Å². The van der Waals surface area contributed by atoms with Crippen molar-refractivity contribution >= 4 is 8.07 Å². The second kappa shape index (κ2) is 9.14. The van der Waals surface area contributed by atoms with Gasteiger partial charge in [-0.3, -0.25) is 0 Å². The third kappa shape index (κ3) is 8.82. The highest BCUT2D eigenvalue weighted by Gasteiger charge is 2.32. The van der Waals surface area contributed by atoms with Crippen molar-refractivity contribution in [3.8, 4) is 0 Å². The van der Waals surface area contributed by atoms with Crippen LogP contribution in [-0.4, -0.2) is 8.07 Å². The number of rotatable bonds is 11. The monoisotopic (exact) mass is 276 g/mol. The number of hydrogen-bond acceptors (Lipinski definition) is 0. The predicted octanol–water partition coefficient (Wildman–Crippen LogP) is 6.52. The number of hydrogen-bond donors (Lipinski definition) is 0. The Labute approximate surface area is 122 Å². The van der Waals surface area contributed by atoms with Crippen molar-refractivity contribution in [1.82, 2.24) is 0 Å². The van der Waals surface area contributed by atoms with E-state index in [2.05, 4.69) is 47.1 Å². The third-order valence-electron chi connectivity index (χ3n) is 3.40. The maximum Gasteiger partial charge on any atom is 0.0656 e. The van der Waals surface area contributed by atoms with Gasteiger partial charge in [-0.25, -0.2) is 0 Å². The quantitative estimate of drug-likeness (QED) is 0.229. The van der Waals surface area contributed by atoms with Crippen LogP contribution in [0.4, 0.5) is 0 Å². The first-order chi connectivity index (χ1) is 8.81. The topological polar surface area (TPSA) is 0 Å². The molecule has 19 heavy (non-hydrogen) atoms. The SMILES string of the molecule is C=CCCCC[Si](CC(=C)C)(CC(=C)C)CC(=C)C. The summed E-state index contributed by atoms with van der Waals surface area (Å²) in [7, 11) is -1.37. The maximum atomic E-state index is 4.16. The highest BCUT2D eigenvalue weighted by Crippen LogP contribution is 2.35. The van der Waals surface area contributed by atoms with E-state index < -0.39 is 8.07 Å². The minimum atomic E-state index is -1.37. The summed E-state index contributed by atoms with van der Waals surface area (Å²) in [6.45, 7) is 22.8. The van der Waals surface area contributed by atoms with Crippen molar-refractivity contribution in [2.45, 2.75) is 64.2 Å². The van der Waals surface area contributed by atoms with Crippen molar-refractivity contribution < 1.29 is 0 Å². The average molecular weight is 277 g/mol. The van der Waals surface area contributed by atoms with E-state index >= 15 is 0 Å². The Morgan fingerprint density at radius 1 is 0.842 bits per heavy atom. The first kappa shape index (κ1) is 18.2. The largest absolute Gasteiger partial charge is 0.103 e. The minimum absolute atomic E-state index is 1.14. The number of allylic oxidation sites excluding steroid dienone is 4. The standard InChI is InChI=1S/C18H32Si/c1-8-9-10-11-12-19(13-16(2)3,14-17(4)5)15-18(6)7/h8H,1-2,4,6,9-15H2,3,5,7H3. The molecule has 0 heterocycles. The summed E-state index contributed by atoms with van der Waals surface area (Å²) in [4.78, 5) is 0. The van der Waals surface area contributed by atoms with Crippen molar-refractivity contribution in [2.24, 2.45) is 0 Å². The number of unbranched alkanes of at least 4 members (excludes halogenated alkanes) is 2. The lowest BCUT2D eigenvalue weighted by Crippen LogP contribution is -2.34. The van der Waals surface area contributed by atoms with Crippen LogP contribution in [-0.2, 0) is 0 Å². The van der Waals surface area contributed by atoms with Gasteiger partial charge in [0.25, 0.3) is 0 Å². The molecule has 0 aliphatic carbocycles. The lowest BCUT2D eigenvalue weighted by molar-refractivity contribution is 0.797. The van der Waals surface area contributed by atoms with Gasteiger partial charge < -0.3 is 0 Å². The summed E-state index contributed by atoms with van der Waals surface area (Å²) in [5, 5.41) is 0. The molecule has 0 fully saturated rings. The van der Waals surface area contributed by atoms with Crippen LogP contribution in [0, 0.1) is 0 Å². The highest BCUT2D eigenvalue weighted by atomic mass is 28.3. The minimum Gasteiger partial charge on any atom is -0.103 e. The summed E-state index contributed by atoms with van der Waals surface area (Å²) >= 11 is 0. The lowest BCUT2D eigenvalue weighted by atomic mass is 10.2. The summed E-state index contributed by atoms with van der Waals surface area (Å²) in [5.74, 6) is 0. The van der Waals surface area contributed by atoms with E-state index in [1.165, 1.54) is 53.7 Å². The second-order valence-electron chi connectivity index (χ2n) is 6.44. The molecule has 0 saturated carbocycles. The Kier molecular flexibility index (Phi) is 8.74. The molecule has 0 N–H and O–H groups in total. The fraction of sp³-hybridized carbons (Fsp3) is 0.556. The van der Waals surface area contributed by atoms with E-state index in [0.29, 0.717) is 0 Å². The molecule has 0 rings (SSSR count). The molecule has 0 unspecified atom stereocenters. The smallest absolute Gasteiger partial charge is 0.0656 e. The van der Waals surface area contributed by atoms with Crippen molar-refractivity contribution in [3.63, 3.8) is 0 Å². The molecule has 0 aliphatic rings. The zero-order valence-electron chi connectivity index (χ0n) is 13.4. The van der Waals surface area contributed by atoms with Gasteiger partial charge in [0.05, 0.1) is 8.07 Å². The van der Waals surface area contributed by atoms with E-state index in [9.17, 15) is 0 Å². The van der Waals surface area contributed by atoms with Crippen LogP contribution in [0.25, 0.3) is 0 Å². The molecule has 0 saturated heterocycles. The average Bonchev–Trinajstić information content (AvgIpc) is 2.21. The van der Waals surface area contributed by atoms with Gasteiger partial charge in [-0.2, -0.15) is 0 Å². The third-order valence-corrected chi connectivity index (χ3v) is 8.87. The molecule has 0 aromatic carbocycles. The summed E-state index contributed by atoms with van der Waals surface area (Å²) in [6.07, 6.45) is 5.74. The van der Waals surface area contributed by atoms with E-state index in [0.717, 1.165) is 6.42 Å². The van der Waals surface area contributed by atoms with Crippen LogP contribution in [0.1, 0.15) is 40.0 Å². The van der Waals surface area contributed by atoms with Crippen LogP contribution in [0.2, 0.25) is 24.2 Å². The van der Waals surface area contributed by atoms with Crippen molar-refractivity contribution in [1.29, 1.82) is 0 Å². The van der Waals surface area contributed by atoms with E-state index in [1.54, 1.807) is 0 Å². The first-order valence-corrected chi connectivity index (χ1v) is 10.2. The molecule has 0 nitrogen and oxygen atoms in total. The molecule has 0 atom stereocenters. The fourth-order valence-corrected chi connectivity index (χ4v) is 8.91. The molecule has 0 bridgehead atoms. The molecular weight excluding hydrogens is 244 g/mol. The summed E-state index contributed by atoms with van der Waals surface area (Å²) < 4.78 is 0. The van der Waals surface area contributed by atoms with Gasteiger partial charge in [0, 0.05) is 0 Å². The van der Waals surface area contributed by atoms with Crippen LogP contribution in [0.5, 0.6) is 0 Å². The normalized spacial score (nSPS) is 11.1. The zero-order valence-corrected chi connectivity index (χ0v) is 14.4. The Bertz CT molecular complexity index is 295. The maximum absolute atomic E-state index is 4.16. The second-order valence-corrected chi connectivity index (χ2v) is 11.0. The summed E-state index contributed by atoms with van der Waals surface area (Å²) in [5.41, 5.74) is 3.99. The zero-order chi connectivity index (χ0) is 14.9. The van der Waals surface area contributed by atoms with Gasteiger partial charge >= 0.3 is 0 Å². The Morgan fingerprint density at radius 3 is 1.58 bits per heavy atom. The molecule has 0 aliphatic heterocycles. The van der Waals surface area contributed by atoms with Crippen LogP contribution in [0.3, 0.4) is 0 Å². The molecular formula is C18H32Si. The van der Waals surface area contributed by atoms with Crippen molar-refractivity contribution in [2.75, 3.05) is 0 Å². The van der Waals surface area contributed by atoms with Gasteiger partial charge in [0.15, 0.2) is 0 Å². The van der Waals surface area contributed by atoms with E-state index in [4.69, 9.17) is 0 Å². The molecule has 108 valence electrons. The fourth-order valence-electron chi connectivity index (χ4n) is 3.16. The van der Waals surface area contributed by atoms with E-state index in [-0.39, 0.29) is 0 Å². The van der Waals surface area contributed by atoms with Crippen molar-refractivity contribution in [3.05, 3.63) is 49.1 Å². The Hall–Kier alpha value is -0.823. The van der Waals surface area contributed by atoms with Gasteiger partial charge in [-0.15, -0.1) is 26.3 Å². The van der Waals surface area contributed by atoms with Crippen LogP contribution >= 0.6 is 0 Å².